The van der Waals surface area contributed by atoms with E-state index in [0.29, 0.717) is 18.8 Å². The Morgan fingerprint density at radius 3 is 2.54 bits per heavy atom. The Labute approximate surface area is 137 Å². The molecule has 1 aromatic heterocycles. The number of aryl methyl sites for hydroxylation is 1. The Morgan fingerprint density at radius 1 is 1.08 bits per heavy atom. The van der Waals surface area contributed by atoms with Crippen molar-refractivity contribution in [2.24, 2.45) is 12.8 Å². The number of fused-ring (bicyclic) bond motifs is 1. The largest absolute Gasteiger partial charge is 0.441 e. The number of hydrogen-bond acceptors (Lipinski definition) is 2. The molecule has 3 aromatic rings. The summed E-state index contributed by atoms with van der Waals surface area (Å²) in [6.07, 6.45) is -3.83. The number of halogens is 3. The second-order valence-electron chi connectivity index (χ2n) is 5.53. The van der Waals surface area contributed by atoms with E-state index in [-0.39, 0.29) is 5.75 Å². The minimum absolute atomic E-state index is 0.147. The van der Waals surface area contributed by atoms with Crippen LogP contribution in [0.5, 0.6) is 11.6 Å². The molecule has 0 saturated carbocycles. The average molecular weight is 334 g/mol. The second-order valence-corrected chi connectivity index (χ2v) is 5.53. The summed E-state index contributed by atoms with van der Waals surface area (Å²) < 4.78 is 46.3. The van der Waals surface area contributed by atoms with Crippen molar-refractivity contribution >= 4 is 10.9 Å². The SMILES string of the molecule is Cn1c(Oc2cccc(C(F)(F)F)c2)c(CCN)c2ccccc21. The summed E-state index contributed by atoms with van der Waals surface area (Å²) in [4.78, 5) is 0. The monoisotopic (exact) mass is 334 g/mol. The van der Waals surface area contributed by atoms with Gasteiger partial charge in [0.2, 0.25) is 5.88 Å². The van der Waals surface area contributed by atoms with Crippen LogP contribution in [-0.2, 0) is 19.6 Å². The summed E-state index contributed by atoms with van der Waals surface area (Å²) in [7, 11) is 1.82. The summed E-state index contributed by atoms with van der Waals surface area (Å²) in [5, 5.41) is 0.993. The van der Waals surface area contributed by atoms with Crippen LogP contribution in [0.1, 0.15) is 11.1 Å². The van der Waals surface area contributed by atoms with Gasteiger partial charge in [0.15, 0.2) is 0 Å². The van der Waals surface area contributed by atoms with Crippen LogP contribution in [0.25, 0.3) is 10.9 Å². The minimum atomic E-state index is -4.40. The molecule has 0 fully saturated rings. The van der Waals surface area contributed by atoms with Crippen LogP contribution in [0.2, 0.25) is 0 Å². The fourth-order valence-corrected chi connectivity index (χ4v) is 2.81. The predicted octanol–water partition coefficient (Wildman–Crippen LogP) is 4.49. The van der Waals surface area contributed by atoms with E-state index in [0.717, 1.165) is 28.6 Å². The van der Waals surface area contributed by atoms with Crippen LogP contribution in [0, 0.1) is 0 Å². The zero-order chi connectivity index (χ0) is 17.3. The number of aromatic nitrogens is 1. The third-order valence-corrected chi connectivity index (χ3v) is 3.92. The Balaban J connectivity index is 2.07. The highest BCUT2D eigenvalue weighted by molar-refractivity contribution is 5.87. The molecule has 0 aliphatic heterocycles. The van der Waals surface area contributed by atoms with Crippen LogP contribution in [-0.4, -0.2) is 11.1 Å². The Kier molecular flexibility index (Phi) is 4.24. The number of rotatable bonds is 4. The Morgan fingerprint density at radius 2 is 1.83 bits per heavy atom. The van der Waals surface area contributed by atoms with Crippen molar-refractivity contribution < 1.29 is 17.9 Å². The van der Waals surface area contributed by atoms with Crippen molar-refractivity contribution in [3.05, 3.63) is 59.7 Å². The van der Waals surface area contributed by atoms with Gasteiger partial charge in [-0.25, -0.2) is 0 Å². The van der Waals surface area contributed by atoms with Gasteiger partial charge in [-0.2, -0.15) is 13.2 Å². The molecule has 0 radical (unpaired) electrons. The molecule has 3 nitrogen and oxygen atoms in total. The molecule has 126 valence electrons. The van der Waals surface area contributed by atoms with Crippen molar-refractivity contribution in [1.29, 1.82) is 0 Å². The van der Waals surface area contributed by atoms with Gasteiger partial charge in [0, 0.05) is 18.0 Å². The zero-order valence-electron chi connectivity index (χ0n) is 13.1. The van der Waals surface area contributed by atoms with E-state index in [4.69, 9.17) is 10.5 Å². The Bertz CT molecular complexity index is 868. The van der Waals surface area contributed by atoms with Gasteiger partial charge in [-0.3, -0.25) is 0 Å². The summed E-state index contributed by atoms with van der Waals surface area (Å²) in [6.45, 7) is 0.424. The van der Waals surface area contributed by atoms with Crippen LogP contribution < -0.4 is 10.5 Å². The van der Waals surface area contributed by atoms with E-state index in [1.165, 1.54) is 12.1 Å². The fraction of sp³-hybridized carbons (Fsp3) is 0.222. The normalized spacial score (nSPS) is 11.9. The molecule has 24 heavy (non-hydrogen) atoms. The number of hydrogen-bond donors (Lipinski definition) is 1. The molecule has 0 saturated heterocycles. The Hall–Kier alpha value is -2.47. The van der Waals surface area contributed by atoms with E-state index < -0.39 is 11.7 Å². The summed E-state index contributed by atoms with van der Waals surface area (Å²) >= 11 is 0. The van der Waals surface area contributed by atoms with Gasteiger partial charge in [0.25, 0.3) is 0 Å². The summed E-state index contributed by atoms with van der Waals surface area (Å²) in [6, 6.07) is 12.6. The molecule has 6 heteroatoms. The first-order chi connectivity index (χ1) is 11.4. The maximum Gasteiger partial charge on any atom is 0.416 e. The van der Waals surface area contributed by atoms with Crippen molar-refractivity contribution in [3.63, 3.8) is 0 Å². The number of alkyl halides is 3. The molecule has 3 rings (SSSR count). The second kappa shape index (κ2) is 6.20. The molecule has 0 aliphatic carbocycles. The molecule has 1 heterocycles. The lowest BCUT2D eigenvalue weighted by Gasteiger charge is -2.12. The van der Waals surface area contributed by atoms with Gasteiger partial charge in [-0.05, 0) is 37.2 Å². The molecular weight excluding hydrogens is 317 g/mol. The maximum atomic E-state index is 12.9. The molecule has 0 atom stereocenters. The van der Waals surface area contributed by atoms with Crippen molar-refractivity contribution in [1.82, 2.24) is 4.57 Å². The fourth-order valence-electron chi connectivity index (χ4n) is 2.81. The minimum Gasteiger partial charge on any atom is -0.441 e. The van der Waals surface area contributed by atoms with E-state index in [2.05, 4.69) is 0 Å². The maximum absolute atomic E-state index is 12.9. The number of nitrogens with two attached hydrogens (primary N) is 1. The highest BCUT2D eigenvalue weighted by Crippen LogP contribution is 2.36. The van der Waals surface area contributed by atoms with Crippen molar-refractivity contribution in [2.45, 2.75) is 12.6 Å². The molecule has 0 unspecified atom stereocenters. The van der Waals surface area contributed by atoms with Gasteiger partial charge in [-0.1, -0.05) is 24.3 Å². The highest BCUT2D eigenvalue weighted by atomic mass is 19.4. The number of para-hydroxylation sites is 1. The van der Waals surface area contributed by atoms with Gasteiger partial charge in [0.1, 0.15) is 5.75 Å². The molecule has 2 aromatic carbocycles. The van der Waals surface area contributed by atoms with Crippen LogP contribution in [0.3, 0.4) is 0 Å². The van der Waals surface area contributed by atoms with Gasteiger partial charge >= 0.3 is 6.18 Å². The molecule has 0 aliphatic rings. The summed E-state index contributed by atoms with van der Waals surface area (Å²) in [5.41, 5.74) is 6.80. The van der Waals surface area contributed by atoms with Gasteiger partial charge in [0.05, 0.1) is 11.1 Å². The van der Waals surface area contributed by atoms with Crippen LogP contribution in [0.15, 0.2) is 48.5 Å². The third-order valence-electron chi connectivity index (χ3n) is 3.92. The van der Waals surface area contributed by atoms with Crippen LogP contribution >= 0.6 is 0 Å². The lowest BCUT2D eigenvalue weighted by atomic mass is 10.1. The van der Waals surface area contributed by atoms with Gasteiger partial charge < -0.3 is 15.0 Å². The zero-order valence-corrected chi connectivity index (χ0v) is 13.1. The quantitative estimate of drug-likeness (QED) is 0.763. The van der Waals surface area contributed by atoms with Crippen LogP contribution in [0.4, 0.5) is 13.2 Å². The standard InChI is InChI=1S/C18H17F3N2O/c1-23-16-8-3-2-7-14(16)15(9-10-22)17(23)24-13-6-4-5-12(11-13)18(19,20)21/h2-8,11H,9-10,22H2,1H3. The molecule has 0 amide bonds. The predicted molar refractivity (Wildman–Crippen MR) is 87.2 cm³/mol. The summed E-state index contributed by atoms with van der Waals surface area (Å²) in [5.74, 6) is 0.662. The van der Waals surface area contributed by atoms with Crippen molar-refractivity contribution in [3.8, 4) is 11.6 Å². The van der Waals surface area contributed by atoms with Gasteiger partial charge in [-0.15, -0.1) is 0 Å². The topological polar surface area (TPSA) is 40.2 Å². The molecular formula is C18H17F3N2O. The molecule has 2 N–H and O–H groups in total. The molecule has 0 spiro atoms. The average Bonchev–Trinajstić information content (AvgIpc) is 2.81. The van der Waals surface area contributed by atoms with E-state index >= 15 is 0 Å². The first kappa shape index (κ1) is 16.4. The van der Waals surface area contributed by atoms with E-state index in [1.807, 2.05) is 35.9 Å². The number of ether oxygens (including phenoxy) is 1. The van der Waals surface area contributed by atoms with Crippen molar-refractivity contribution in [2.75, 3.05) is 6.54 Å². The molecule has 0 bridgehead atoms. The highest BCUT2D eigenvalue weighted by Gasteiger charge is 2.30. The lowest BCUT2D eigenvalue weighted by Crippen LogP contribution is -2.06. The first-order valence-electron chi connectivity index (χ1n) is 7.53. The lowest BCUT2D eigenvalue weighted by molar-refractivity contribution is -0.137. The number of nitrogens with zero attached hydrogens (tertiary/aromatic N) is 1. The smallest absolute Gasteiger partial charge is 0.416 e. The number of benzene rings is 2. The first-order valence-corrected chi connectivity index (χ1v) is 7.53. The van der Waals surface area contributed by atoms with E-state index in [1.54, 1.807) is 0 Å². The van der Waals surface area contributed by atoms with E-state index in [9.17, 15) is 13.2 Å². The third kappa shape index (κ3) is 2.97.